The summed E-state index contributed by atoms with van der Waals surface area (Å²) >= 11 is 0. The van der Waals surface area contributed by atoms with Crippen molar-refractivity contribution in [2.24, 2.45) is 0 Å². The van der Waals surface area contributed by atoms with E-state index in [4.69, 9.17) is 5.26 Å². The third kappa shape index (κ3) is 4.39. The minimum absolute atomic E-state index is 0.0243. The molecule has 0 fully saturated rings. The number of sulfonamides is 1. The molecule has 1 heterocycles. The van der Waals surface area contributed by atoms with E-state index >= 15 is 0 Å². The number of anilines is 1. The predicted octanol–water partition coefficient (Wildman–Crippen LogP) is 3.55. The Labute approximate surface area is 187 Å². The number of benzene rings is 2. The first-order chi connectivity index (χ1) is 15.4. The highest BCUT2D eigenvalue weighted by Crippen LogP contribution is 2.37. The van der Waals surface area contributed by atoms with E-state index in [1.54, 1.807) is 0 Å². The van der Waals surface area contributed by atoms with E-state index in [1.165, 1.54) is 32.2 Å². The number of carbonyl (C=O) groups excluding carboxylic acids is 1. The number of hydrogen-bond donors (Lipinski definition) is 2. The molecule has 0 aliphatic carbocycles. The zero-order valence-corrected chi connectivity index (χ0v) is 18.0. The van der Waals surface area contributed by atoms with Crippen molar-refractivity contribution in [1.82, 2.24) is 10.0 Å². The van der Waals surface area contributed by atoms with Gasteiger partial charge in [0, 0.05) is 5.70 Å². The molecule has 0 saturated carbocycles. The Balaban J connectivity index is 2.19. The van der Waals surface area contributed by atoms with Gasteiger partial charge >= 0.3 is 12.2 Å². The second-order valence-corrected chi connectivity index (χ2v) is 8.80. The van der Waals surface area contributed by atoms with Gasteiger partial charge in [-0.3, -0.25) is 4.90 Å². The highest BCUT2D eigenvalue weighted by atomic mass is 32.2. The summed E-state index contributed by atoms with van der Waals surface area (Å²) < 4.78 is 66.7. The summed E-state index contributed by atoms with van der Waals surface area (Å²) in [5, 5.41) is 21.4. The van der Waals surface area contributed by atoms with Gasteiger partial charge in [-0.2, -0.15) is 23.7 Å². The van der Waals surface area contributed by atoms with Gasteiger partial charge in [0.15, 0.2) is 0 Å². The molecule has 12 heteroatoms. The largest absolute Gasteiger partial charge is 0.416 e. The lowest BCUT2D eigenvalue weighted by atomic mass is 9.94. The van der Waals surface area contributed by atoms with Crippen LogP contribution in [-0.4, -0.2) is 21.5 Å². The van der Waals surface area contributed by atoms with Crippen LogP contribution in [0.1, 0.15) is 29.7 Å². The van der Waals surface area contributed by atoms with E-state index in [0.29, 0.717) is 0 Å². The summed E-state index contributed by atoms with van der Waals surface area (Å²) in [6.45, 7) is 1.38. The zero-order chi connectivity index (χ0) is 24.6. The second-order valence-electron chi connectivity index (χ2n) is 6.95. The molecule has 1 atom stereocenters. The van der Waals surface area contributed by atoms with Gasteiger partial charge in [0.1, 0.15) is 0 Å². The summed E-state index contributed by atoms with van der Waals surface area (Å²) in [4.78, 5) is 13.5. The van der Waals surface area contributed by atoms with Crippen molar-refractivity contribution in [3.8, 4) is 12.1 Å². The summed E-state index contributed by atoms with van der Waals surface area (Å²) in [6, 6.07) is 9.46. The Morgan fingerprint density at radius 3 is 2.39 bits per heavy atom. The van der Waals surface area contributed by atoms with Crippen LogP contribution in [0.25, 0.3) is 0 Å². The SMILES string of the molecule is CNS(=O)(=O)c1cc(C#N)ccc1C1NC(=O)N(c2cccc(C(F)(F)F)c2)C(C)=C1C#N. The fourth-order valence-corrected chi connectivity index (χ4v) is 4.44. The van der Waals surface area contributed by atoms with Crippen molar-refractivity contribution in [2.45, 2.75) is 24.0 Å². The number of halogens is 3. The lowest BCUT2D eigenvalue weighted by molar-refractivity contribution is -0.137. The Kier molecular flexibility index (Phi) is 6.18. The molecule has 0 aromatic heterocycles. The molecule has 0 bridgehead atoms. The Morgan fingerprint density at radius 2 is 1.82 bits per heavy atom. The molecule has 8 nitrogen and oxygen atoms in total. The third-order valence-corrected chi connectivity index (χ3v) is 6.52. The minimum atomic E-state index is -4.64. The van der Waals surface area contributed by atoms with E-state index < -0.39 is 33.8 Å². The predicted molar refractivity (Wildman–Crippen MR) is 111 cm³/mol. The van der Waals surface area contributed by atoms with E-state index in [-0.39, 0.29) is 33.0 Å². The van der Waals surface area contributed by atoms with Gasteiger partial charge in [-0.15, -0.1) is 0 Å². The Morgan fingerprint density at radius 1 is 1.12 bits per heavy atom. The fraction of sp³-hybridized carbons (Fsp3) is 0.190. The zero-order valence-electron chi connectivity index (χ0n) is 17.2. The molecular formula is C21H16F3N5O3S. The maximum atomic E-state index is 13.1. The Bertz CT molecular complexity index is 1350. The van der Waals surface area contributed by atoms with Crippen LogP contribution >= 0.6 is 0 Å². The molecule has 0 spiro atoms. The smallest absolute Gasteiger partial charge is 0.326 e. The number of amides is 2. The van der Waals surface area contributed by atoms with E-state index in [0.717, 1.165) is 29.2 Å². The van der Waals surface area contributed by atoms with Crippen LogP contribution in [0.2, 0.25) is 0 Å². The van der Waals surface area contributed by atoms with Crippen molar-refractivity contribution in [3.63, 3.8) is 0 Å². The van der Waals surface area contributed by atoms with Gasteiger partial charge in [-0.25, -0.2) is 17.9 Å². The van der Waals surface area contributed by atoms with Crippen molar-refractivity contribution < 1.29 is 26.4 Å². The van der Waals surface area contributed by atoms with Crippen LogP contribution < -0.4 is 14.9 Å². The number of urea groups is 1. The minimum Gasteiger partial charge on any atom is -0.326 e. The highest BCUT2D eigenvalue weighted by Gasteiger charge is 2.37. The van der Waals surface area contributed by atoms with Crippen molar-refractivity contribution in [2.75, 3.05) is 11.9 Å². The first-order valence-corrected chi connectivity index (χ1v) is 10.8. The molecule has 0 radical (unpaired) electrons. The molecule has 0 saturated heterocycles. The van der Waals surface area contributed by atoms with Gasteiger partial charge in [0.2, 0.25) is 10.0 Å². The number of carbonyl (C=O) groups is 1. The third-order valence-electron chi connectivity index (χ3n) is 5.05. The highest BCUT2D eigenvalue weighted by molar-refractivity contribution is 7.89. The number of hydrogen-bond acceptors (Lipinski definition) is 5. The number of rotatable bonds is 4. The molecular weight excluding hydrogens is 459 g/mol. The molecule has 33 heavy (non-hydrogen) atoms. The topological polar surface area (TPSA) is 126 Å². The van der Waals surface area contributed by atoms with E-state index in [9.17, 15) is 31.6 Å². The molecule has 2 aromatic carbocycles. The Hall–Kier alpha value is -3.87. The standard InChI is InChI=1S/C21H16F3N5O3S/c1-12-17(11-26)19(16-7-6-13(10-25)8-18(16)33(31,32)27-2)28-20(30)29(12)15-5-3-4-14(9-15)21(22,23)24/h3-9,19,27H,1-2H3,(H,28,30). The summed E-state index contributed by atoms with van der Waals surface area (Å²) in [5.74, 6) is 0. The van der Waals surface area contributed by atoms with Crippen LogP contribution in [0.3, 0.4) is 0 Å². The lowest BCUT2D eigenvalue weighted by Crippen LogP contribution is -2.47. The molecule has 3 rings (SSSR count). The number of alkyl halides is 3. The summed E-state index contributed by atoms with van der Waals surface area (Å²) in [6.07, 6.45) is -4.64. The molecule has 1 unspecified atom stereocenters. The summed E-state index contributed by atoms with van der Waals surface area (Å²) in [5.41, 5.74) is -1.08. The van der Waals surface area contributed by atoms with Crippen molar-refractivity contribution >= 4 is 21.7 Å². The average molecular weight is 475 g/mol. The van der Waals surface area contributed by atoms with Gasteiger partial charge in [-0.1, -0.05) is 12.1 Å². The van der Waals surface area contributed by atoms with Gasteiger partial charge in [0.25, 0.3) is 0 Å². The fourth-order valence-electron chi connectivity index (χ4n) is 3.44. The van der Waals surface area contributed by atoms with Crippen molar-refractivity contribution in [3.05, 3.63) is 70.4 Å². The van der Waals surface area contributed by atoms with Crippen molar-refractivity contribution in [1.29, 1.82) is 10.5 Å². The number of allylic oxidation sites excluding steroid dienone is 1. The number of nitriles is 2. The van der Waals surface area contributed by atoms with Gasteiger partial charge in [-0.05, 0) is 49.9 Å². The van der Waals surface area contributed by atoms with Gasteiger partial charge in [0.05, 0.1) is 45.5 Å². The monoisotopic (exact) mass is 475 g/mol. The molecule has 1 aliphatic heterocycles. The van der Waals surface area contributed by atoms with Gasteiger partial charge < -0.3 is 5.32 Å². The van der Waals surface area contributed by atoms with Crippen LogP contribution in [0.5, 0.6) is 0 Å². The van der Waals surface area contributed by atoms with Crippen LogP contribution in [-0.2, 0) is 16.2 Å². The summed E-state index contributed by atoms with van der Waals surface area (Å²) in [7, 11) is -2.92. The molecule has 2 N–H and O–H groups in total. The average Bonchev–Trinajstić information content (AvgIpc) is 2.78. The number of nitrogens with zero attached hydrogens (tertiary/aromatic N) is 3. The van der Waals surface area contributed by atoms with E-state index in [2.05, 4.69) is 10.0 Å². The maximum absolute atomic E-state index is 13.1. The molecule has 170 valence electrons. The quantitative estimate of drug-likeness (QED) is 0.699. The number of nitrogens with one attached hydrogen (secondary N) is 2. The van der Waals surface area contributed by atoms with E-state index in [1.807, 2.05) is 12.1 Å². The maximum Gasteiger partial charge on any atom is 0.416 e. The second kappa shape index (κ2) is 8.58. The van der Waals surface area contributed by atoms with Crippen LogP contribution in [0.15, 0.2) is 58.6 Å². The molecule has 2 amide bonds. The first kappa shape index (κ1) is 23.8. The first-order valence-electron chi connectivity index (χ1n) is 9.31. The molecule has 1 aliphatic rings. The van der Waals surface area contributed by atoms with Crippen LogP contribution in [0, 0.1) is 22.7 Å². The molecule has 2 aromatic rings. The normalized spacial score (nSPS) is 16.8. The van der Waals surface area contributed by atoms with Crippen LogP contribution in [0.4, 0.5) is 23.7 Å². The lowest BCUT2D eigenvalue weighted by Gasteiger charge is -2.34.